The monoisotopic (exact) mass is 409 g/mol. The third-order valence-electron chi connectivity index (χ3n) is 6.54. The van der Waals surface area contributed by atoms with Crippen molar-refractivity contribution in [2.75, 3.05) is 0 Å². The Kier molecular flexibility index (Phi) is 12.2. The SMILES string of the molecule is CCCCCCCc1ccc(CCCC[C@H]2CC[C@H](/C=C/C=C(\F)C#N)CC2)cc1. The first-order valence-electron chi connectivity index (χ1n) is 12.2. The molecule has 0 saturated heterocycles. The molecule has 0 aliphatic heterocycles. The Morgan fingerprint density at radius 1 is 0.933 bits per heavy atom. The van der Waals surface area contributed by atoms with Gasteiger partial charge in [-0.3, -0.25) is 0 Å². The third-order valence-corrected chi connectivity index (χ3v) is 6.54. The number of nitriles is 1. The van der Waals surface area contributed by atoms with Crippen LogP contribution in [0.3, 0.4) is 0 Å². The second kappa shape index (κ2) is 15.0. The lowest BCUT2D eigenvalue weighted by atomic mass is 9.79. The Labute approximate surface area is 184 Å². The fourth-order valence-electron chi connectivity index (χ4n) is 4.57. The molecule has 2 rings (SSSR count). The van der Waals surface area contributed by atoms with Gasteiger partial charge in [-0.1, -0.05) is 81.9 Å². The van der Waals surface area contributed by atoms with Crippen LogP contribution in [0, 0.1) is 23.2 Å². The van der Waals surface area contributed by atoms with E-state index in [9.17, 15) is 4.39 Å². The van der Waals surface area contributed by atoms with E-state index in [1.54, 1.807) is 6.08 Å². The van der Waals surface area contributed by atoms with E-state index < -0.39 is 5.83 Å². The molecule has 0 atom stereocenters. The number of hydrogen-bond acceptors (Lipinski definition) is 1. The summed E-state index contributed by atoms with van der Waals surface area (Å²) >= 11 is 0. The highest BCUT2D eigenvalue weighted by molar-refractivity contribution is 5.22. The van der Waals surface area contributed by atoms with Crippen LogP contribution in [0.1, 0.15) is 95.1 Å². The molecule has 0 spiro atoms. The summed E-state index contributed by atoms with van der Waals surface area (Å²) in [5.74, 6) is 0.697. The molecule has 0 amide bonds. The Morgan fingerprint density at radius 2 is 1.53 bits per heavy atom. The van der Waals surface area contributed by atoms with E-state index in [1.807, 2.05) is 0 Å². The molecule has 1 aromatic rings. The molecular weight excluding hydrogens is 369 g/mol. The highest BCUT2D eigenvalue weighted by Crippen LogP contribution is 2.32. The van der Waals surface area contributed by atoms with Crippen molar-refractivity contribution in [3.8, 4) is 6.07 Å². The molecular formula is C28H40FN. The minimum absolute atomic E-state index is 0.550. The fourth-order valence-corrected chi connectivity index (χ4v) is 4.57. The zero-order valence-electron chi connectivity index (χ0n) is 18.9. The molecule has 0 unspecified atom stereocenters. The Balaban J connectivity index is 1.55. The predicted octanol–water partition coefficient (Wildman–Crippen LogP) is 8.65. The van der Waals surface area contributed by atoms with Crippen molar-refractivity contribution in [2.45, 2.75) is 96.8 Å². The maximum absolute atomic E-state index is 12.8. The van der Waals surface area contributed by atoms with E-state index in [4.69, 9.17) is 5.26 Å². The zero-order valence-corrected chi connectivity index (χ0v) is 18.9. The smallest absolute Gasteiger partial charge is 0.195 e. The highest BCUT2D eigenvalue weighted by atomic mass is 19.1. The Hall–Kier alpha value is -1.88. The van der Waals surface area contributed by atoms with Gasteiger partial charge in [-0.15, -0.1) is 0 Å². The second-order valence-electron chi connectivity index (χ2n) is 9.02. The molecule has 0 aromatic heterocycles. The van der Waals surface area contributed by atoms with E-state index in [0.29, 0.717) is 5.92 Å². The first kappa shape index (κ1) is 24.4. The third kappa shape index (κ3) is 10.2. The van der Waals surface area contributed by atoms with Gasteiger partial charge >= 0.3 is 0 Å². The van der Waals surface area contributed by atoms with Crippen LogP contribution in [0.2, 0.25) is 0 Å². The van der Waals surface area contributed by atoms with Crippen molar-refractivity contribution in [3.63, 3.8) is 0 Å². The predicted molar refractivity (Wildman–Crippen MR) is 126 cm³/mol. The van der Waals surface area contributed by atoms with Gasteiger partial charge in [0.1, 0.15) is 6.07 Å². The van der Waals surface area contributed by atoms with Crippen LogP contribution >= 0.6 is 0 Å². The van der Waals surface area contributed by atoms with Crippen LogP contribution < -0.4 is 0 Å². The minimum atomic E-state index is -0.711. The van der Waals surface area contributed by atoms with Gasteiger partial charge in [0, 0.05) is 0 Å². The molecule has 0 N–H and O–H groups in total. The summed E-state index contributed by atoms with van der Waals surface area (Å²) in [6.07, 6.45) is 23.2. The fraction of sp³-hybridized carbons (Fsp3) is 0.607. The largest absolute Gasteiger partial charge is 0.199 e. The normalized spacial score (nSPS) is 19.8. The van der Waals surface area contributed by atoms with Crippen molar-refractivity contribution in [1.29, 1.82) is 5.26 Å². The molecule has 1 aliphatic carbocycles. The summed E-state index contributed by atoms with van der Waals surface area (Å²) in [5, 5.41) is 8.42. The van der Waals surface area contributed by atoms with Crippen LogP contribution in [0.5, 0.6) is 0 Å². The maximum atomic E-state index is 12.8. The Morgan fingerprint density at radius 3 is 2.13 bits per heavy atom. The molecule has 164 valence electrons. The van der Waals surface area contributed by atoms with Gasteiger partial charge in [0.25, 0.3) is 0 Å². The molecule has 0 radical (unpaired) electrons. The summed E-state index contributed by atoms with van der Waals surface area (Å²) in [4.78, 5) is 0. The molecule has 1 fully saturated rings. The van der Waals surface area contributed by atoms with E-state index in [0.717, 1.165) is 5.92 Å². The van der Waals surface area contributed by atoms with E-state index in [-0.39, 0.29) is 0 Å². The van der Waals surface area contributed by atoms with Crippen molar-refractivity contribution in [3.05, 3.63) is 59.4 Å². The topological polar surface area (TPSA) is 23.8 Å². The van der Waals surface area contributed by atoms with Crippen molar-refractivity contribution in [1.82, 2.24) is 0 Å². The van der Waals surface area contributed by atoms with Gasteiger partial charge < -0.3 is 0 Å². The van der Waals surface area contributed by atoms with E-state index in [2.05, 4.69) is 37.3 Å². The quantitative estimate of drug-likeness (QED) is 0.182. The lowest BCUT2D eigenvalue weighted by Crippen LogP contribution is -2.13. The summed E-state index contributed by atoms with van der Waals surface area (Å²) in [6, 6.07) is 10.9. The lowest BCUT2D eigenvalue weighted by Gasteiger charge is -2.26. The zero-order chi connectivity index (χ0) is 21.4. The van der Waals surface area contributed by atoms with E-state index >= 15 is 0 Å². The average Bonchev–Trinajstić information content (AvgIpc) is 2.78. The number of halogens is 1. The number of unbranched alkanes of at least 4 members (excludes halogenated alkanes) is 5. The molecule has 1 saturated carbocycles. The lowest BCUT2D eigenvalue weighted by molar-refractivity contribution is 0.289. The summed E-state index contributed by atoms with van der Waals surface area (Å²) < 4.78 is 12.8. The van der Waals surface area contributed by atoms with Gasteiger partial charge in [0.15, 0.2) is 5.83 Å². The average molecular weight is 410 g/mol. The van der Waals surface area contributed by atoms with Crippen LogP contribution in [0.15, 0.2) is 48.3 Å². The molecule has 0 bridgehead atoms. The van der Waals surface area contributed by atoms with Gasteiger partial charge in [-0.25, -0.2) is 0 Å². The standard InChI is InChI=1S/C28H40FN/c1-2-3-4-5-6-10-24-15-17-25(18-16-24)11-7-8-12-26-19-21-27(22-20-26)13-9-14-28(29)23-30/h9,13-18,26-27H,2-8,10-12,19-22H2,1H3/b13-9+,28-14-/t26-,27-. The number of nitrogens with zero attached hydrogens (tertiary/aromatic N) is 1. The van der Waals surface area contributed by atoms with Crippen LogP contribution in [-0.2, 0) is 12.8 Å². The number of hydrogen-bond donors (Lipinski definition) is 0. The minimum Gasteiger partial charge on any atom is -0.195 e. The van der Waals surface area contributed by atoms with Gasteiger partial charge in [0.05, 0.1) is 0 Å². The number of rotatable bonds is 13. The number of allylic oxidation sites excluding steroid dienone is 4. The van der Waals surface area contributed by atoms with Gasteiger partial charge in [-0.2, -0.15) is 9.65 Å². The van der Waals surface area contributed by atoms with Crippen molar-refractivity contribution < 1.29 is 4.39 Å². The summed E-state index contributed by atoms with van der Waals surface area (Å²) in [5.41, 5.74) is 2.98. The summed E-state index contributed by atoms with van der Waals surface area (Å²) in [6.45, 7) is 2.27. The molecule has 1 aliphatic rings. The summed E-state index contributed by atoms with van der Waals surface area (Å²) in [7, 11) is 0. The molecule has 1 aromatic carbocycles. The second-order valence-corrected chi connectivity index (χ2v) is 9.02. The molecule has 0 heterocycles. The first-order chi connectivity index (χ1) is 14.7. The van der Waals surface area contributed by atoms with Crippen LogP contribution in [0.25, 0.3) is 0 Å². The maximum Gasteiger partial charge on any atom is 0.199 e. The molecule has 2 heteroatoms. The van der Waals surface area contributed by atoms with Gasteiger partial charge in [0.2, 0.25) is 0 Å². The number of benzene rings is 1. The highest BCUT2D eigenvalue weighted by Gasteiger charge is 2.18. The van der Waals surface area contributed by atoms with E-state index in [1.165, 1.54) is 113 Å². The number of aryl methyl sites for hydroxylation is 2. The van der Waals surface area contributed by atoms with Crippen LogP contribution in [-0.4, -0.2) is 0 Å². The van der Waals surface area contributed by atoms with Crippen molar-refractivity contribution in [2.24, 2.45) is 11.8 Å². The van der Waals surface area contributed by atoms with Crippen molar-refractivity contribution >= 4 is 0 Å². The van der Waals surface area contributed by atoms with Gasteiger partial charge in [-0.05, 0) is 80.4 Å². The van der Waals surface area contributed by atoms with Crippen LogP contribution in [0.4, 0.5) is 4.39 Å². The molecule has 1 nitrogen and oxygen atoms in total. The first-order valence-corrected chi connectivity index (χ1v) is 12.2. The molecule has 30 heavy (non-hydrogen) atoms. The Bertz CT molecular complexity index is 672.